The molecule has 3 rings (SSSR count). The van der Waals surface area contributed by atoms with Crippen LogP contribution in [0.25, 0.3) is 0 Å². The number of benzene rings is 1. The number of nitrogens with one attached hydrogen (secondary N) is 2. The van der Waals surface area contributed by atoms with Crippen molar-refractivity contribution in [3.8, 4) is 0 Å². The average molecular weight is 381 g/mol. The molecule has 0 bridgehead atoms. The molecule has 10 heteroatoms. The number of fused-ring (bicyclic) bond motifs is 1. The molecule has 1 amide bonds. The average Bonchev–Trinajstić information content (AvgIpc) is 3.07. The Morgan fingerprint density at radius 1 is 1.40 bits per heavy atom. The van der Waals surface area contributed by atoms with Gasteiger partial charge in [0.25, 0.3) is 0 Å². The molecule has 0 aromatic heterocycles. The topological polar surface area (TPSA) is 67.4 Å². The molecule has 1 saturated heterocycles. The van der Waals surface area contributed by atoms with Gasteiger partial charge in [-0.3, -0.25) is 10.1 Å². The summed E-state index contributed by atoms with van der Waals surface area (Å²) in [5.74, 6) is -3.81. The minimum Gasteiger partial charge on any atom is -0.437 e. The number of alkyl halides is 3. The molecule has 5 nitrogen and oxygen atoms in total. The minimum atomic E-state index is -5.09. The SMILES string of the molecule is O=C(NCc1cccc(Cl)c1F)[C@@H]1C[C@H]2C[C@]2(OC(=O)C(F)(F)F)N1. The van der Waals surface area contributed by atoms with Crippen LogP contribution in [-0.2, 0) is 20.9 Å². The van der Waals surface area contributed by atoms with E-state index in [0.717, 1.165) is 0 Å². The normalized spacial score (nSPS) is 27.6. The van der Waals surface area contributed by atoms with Crippen LogP contribution in [0.5, 0.6) is 0 Å². The van der Waals surface area contributed by atoms with Crippen molar-refractivity contribution in [3.05, 3.63) is 34.6 Å². The van der Waals surface area contributed by atoms with Crippen LogP contribution in [0, 0.1) is 11.7 Å². The van der Waals surface area contributed by atoms with E-state index in [0.29, 0.717) is 0 Å². The zero-order chi connectivity index (χ0) is 18.4. The first kappa shape index (κ1) is 17.9. The predicted molar refractivity (Wildman–Crippen MR) is 77.8 cm³/mol. The largest absolute Gasteiger partial charge is 0.490 e. The van der Waals surface area contributed by atoms with Crippen LogP contribution in [0.4, 0.5) is 17.6 Å². The van der Waals surface area contributed by atoms with Gasteiger partial charge in [-0.05, 0) is 12.5 Å². The van der Waals surface area contributed by atoms with Gasteiger partial charge in [-0.15, -0.1) is 0 Å². The molecular weight excluding hydrogens is 368 g/mol. The molecule has 1 aliphatic heterocycles. The van der Waals surface area contributed by atoms with Gasteiger partial charge in [0.2, 0.25) is 5.91 Å². The third-order valence-electron chi connectivity index (χ3n) is 4.30. The van der Waals surface area contributed by atoms with Crippen LogP contribution in [-0.4, -0.2) is 29.8 Å². The number of carbonyl (C=O) groups is 2. The number of ether oxygens (including phenoxy) is 1. The molecular formula is C15H13ClF4N2O3. The van der Waals surface area contributed by atoms with Gasteiger partial charge >= 0.3 is 12.1 Å². The van der Waals surface area contributed by atoms with Crippen LogP contribution in [0.15, 0.2) is 18.2 Å². The summed E-state index contributed by atoms with van der Waals surface area (Å²) in [6, 6.07) is 3.53. The van der Waals surface area contributed by atoms with E-state index in [1.165, 1.54) is 18.2 Å². The summed E-state index contributed by atoms with van der Waals surface area (Å²) >= 11 is 5.64. The number of halogens is 5. The highest BCUT2D eigenvalue weighted by atomic mass is 35.5. The highest BCUT2D eigenvalue weighted by molar-refractivity contribution is 6.30. The summed E-state index contributed by atoms with van der Waals surface area (Å²) < 4.78 is 55.1. The fourth-order valence-electron chi connectivity index (χ4n) is 2.94. The monoisotopic (exact) mass is 380 g/mol. The summed E-state index contributed by atoms with van der Waals surface area (Å²) in [6.45, 7) is -0.122. The Balaban J connectivity index is 1.55. The fraction of sp³-hybridized carbons (Fsp3) is 0.467. The van der Waals surface area contributed by atoms with Gasteiger partial charge in [0.1, 0.15) is 5.82 Å². The lowest BCUT2D eigenvalue weighted by Crippen LogP contribution is -2.48. The van der Waals surface area contributed by atoms with Gasteiger partial charge in [0.15, 0.2) is 5.72 Å². The van der Waals surface area contributed by atoms with Crippen molar-refractivity contribution in [2.75, 3.05) is 0 Å². The lowest BCUT2D eigenvalue weighted by Gasteiger charge is -2.20. The van der Waals surface area contributed by atoms with Crippen molar-refractivity contribution >= 4 is 23.5 Å². The zero-order valence-corrected chi connectivity index (χ0v) is 13.4. The third-order valence-corrected chi connectivity index (χ3v) is 4.59. The molecule has 1 heterocycles. The Morgan fingerprint density at radius 2 is 2.12 bits per heavy atom. The molecule has 1 aromatic rings. The highest BCUT2D eigenvalue weighted by Gasteiger charge is 2.66. The van der Waals surface area contributed by atoms with Gasteiger partial charge in [0.05, 0.1) is 11.1 Å². The Hall–Kier alpha value is -1.87. The molecule has 136 valence electrons. The van der Waals surface area contributed by atoms with Gasteiger partial charge < -0.3 is 10.1 Å². The van der Waals surface area contributed by atoms with Crippen molar-refractivity contribution < 1.29 is 31.9 Å². The number of piperidine rings is 1. The van der Waals surface area contributed by atoms with Crippen LogP contribution in [0.3, 0.4) is 0 Å². The van der Waals surface area contributed by atoms with Crippen molar-refractivity contribution in [1.29, 1.82) is 0 Å². The predicted octanol–water partition coefficient (Wildman–Crippen LogP) is 2.28. The molecule has 2 fully saturated rings. The molecule has 0 spiro atoms. The van der Waals surface area contributed by atoms with Gasteiger partial charge in [-0.2, -0.15) is 13.2 Å². The Bertz CT molecular complexity index is 727. The second-order valence-electron chi connectivity index (χ2n) is 6.04. The van der Waals surface area contributed by atoms with Crippen LogP contribution < -0.4 is 10.6 Å². The maximum Gasteiger partial charge on any atom is 0.490 e. The number of hydrogen-bond donors (Lipinski definition) is 2. The quantitative estimate of drug-likeness (QED) is 0.621. The van der Waals surface area contributed by atoms with E-state index in [4.69, 9.17) is 11.6 Å². The first-order valence-corrected chi connectivity index (χ1v) is 7.78. The van der Waals surface area contributed by atoms with E-state index < -0.39 is 35.6 Å². The van der Waals surface area contributed by atoms with E-state index in [1.54, 1.807) is 0 Å². The molecule has 1 aliphatic carbocycles. The molecule has 0 unspecified atom stereocenters. The lowest BCUT2D eigenvalue weighted by atomic mass is 10.1. The number of rotatable bonds is 4. The fourth-order valence-corrected chi connectivity index (χ4v) is 3.13. The van der Waals surface area contributed by atoms with Crippen molar-refractivity contribution in [2.24, 2.45) is 5.92 Å². The number of hydrogen-bond acceptors (Lipinski definition) is 4. The maximum atomic E-state index is 13.8. The standard InChI is InChI=1S/C15H13ClF4N2O3/c16-9-3-1-2-7(11(9)17)6-21-12(23)10-4-8-5-14(8,22-10)25-13(24)15(18,19)20/h1-3,8,10,22H,4-6H2,(H,21,23)/t8-,10-,14+/m0/s1. The second-order valence-corrected chi connectivity index (χ2v) is 6.45. The van der Waals surface area contributed by atoms with Crippen molar-refractivity contribution in [2.45, 2.75) is 37.3 Å². The molecule has 1 aromatic carbocycles. The molecule has 25 heavy (non-hydrogen) atoms. The summed E-state index contributed by atoms with van der Waals surface area (Å²) in [5, 5.41) is 5.04. The summed E-state index contributed by atoms with van der Waals surface area (Å²) in [6.07, 6.45) is -4.63. The number of carbonyl (C=O) groups excluding carboxylic acids is 2. The highest BCUT2D eigenvalue weighted by Crippen LogP contribution is 2.53. The van der Waals surface area contributed by atoms with E-state index in [1.807, 2.05) is 0 Å². The summed E-state index contributed by atoms with van der Waals surface area (Å²) in [5.41, 5.74) is -1.25. The summed E-state index contributed by atoms with van der Waals surface area (Å²) in [4.78, 5) is 23.1. The van der Waals surface area contributed by atoms with Gasteiger partial charge in [-0.1, -0.05) is 23.7 Å². The first-order valence-electron chi connectivity index (χ1n) is 7.41. The Kier molecular flexibility index (Phi) is 4.40. The Morgan fingerprint density at radius 3 is 2.80 bits per heavy atom. The lowest BCUT2D eigenvalue weighted by molar-refractivity contribution is -0.208. The second kappa shape index (κ2) is 6.14. The molecule has 2 N–H and O–H groups in total. The minimum absolute atomic E-state index is 0.0787. The molecule has 3 atom stereocenters. The Labute approximate surface area is 144 Å². The van der Waals surface area contributed by atoms with E-state index in [-0.39, 0.29) is 35.9 Å². The van der Waals surface area contributed by atoms with Gasteiger partial charge in [0, 0.05) is 24.4 Å². The third kappa shape index (κ3) is 3.57. The van der Waals surface area contributed by atoms with Crippen LogP contribution >= 0.6 is 11.6 Å². The number of esters is 1. The van der Waals surface area contributed by atoms with E-state index in [9.17, 15) is 27.2 Å². The molecule has 1 saturated carbocycles. The maximum absolute atomic E-state index is 13.8. The summed E-state index contributed by atoms with van der Waals surface area (Å²) in [7, 11) is 0. The van der Waals surface area contributed by atoms with Gasteiger partial charge in [-0.25, -0.2) is 9.18 Å². The number of amides is 1. The molecule has 2 aliphatic rings. The molecule has 0 radical (unpaired) electrons. The van der Waals surface area contributed by atoms with E-state index >= 15 is 0 Å². The van der Waals surface area contributed by atoms with Crippen LogP contribution in [0.1, 0.15) is 18.4 Å². The van der Waals surface area contributed by atoms with Crippen molar-refractivity contribution in [3.63, 3.8) is 0 Å². The smallest absolute Gasteiger partial charge is 0.437 e. The zero-order valence-electron chi connectivity index (χ0n) is 12.6. The first-order chi connectivity index (χ1) is 11.6. The van der Waals surface area contributed by atoms with E-state index in [2.05, 4.69) is 15.4 Å². The van der Waals surface area contributed by atoms with Crippen LogP contribution in [0.2, 0.25) is 5.02 Å². The van der Waals surface area contributed by atoms with Crippen molar-refractivity contribution in [1.82, 2.24) is 10.6 Å².